The van der Waals surface area contributed by atoms with Crippen LogP contribution < -0.4 is 15.8 Å². The van der Waals surface area contributed by atoms with Crippen molar-refractivity contribution in [2.24, 2.45) is 5.73 Å². The van der Waals surface area contributed by atoms with Crippen molar-refractivity contribution >= 4 is 28.5 Å². The predicted octanol–water partition coefficient (Wildman–Crippen LogP) is 3.84. The van der Waals surface area contributed by atoms with Crippen LogP contribution in [-0.2, 0) is 0 Å². The molecule has 0 bridgehead atoms. The van der Waals surface area contributed by atoms with Gasteiger partial charge in [-0.05, 0) is 48.9 Å². The van der Waals surface area contributed by atoms with E-state index in [2.05, 4.69) is 12.2 Å². The maximum atomic E-state index is 13.6. The van der Waals surface area contributed by atoms with Crippen LogP contribution in [0.25, 0.3) is 10.9 Å². The molecule has 4 N–H and O–H groups in total. The zero-order valence-corrected chi connectivity index (χ0v) is 15.2. The van der Waals surface area contributed by atoms with Crippen molar-refractivity contribution in [1.29, 1.82) is 0 Å². The van der Waals surface area contributed by atoms with E-state index in [1.54, 1.807) is 24.3 Å². The topological polar surface area (TPSA) is 107 Å². The van der Waals surface area contributed by atoms with E-state index in [0.717, 1.165) is 25.0 Å². The molecule has 1 aromatic heterocycles. The standard InChI is InChI=1S/C20H20FN3O4/c1-2-3-10-28-14-7-5-13(6-8-14)23-18(25)17-15-9-4-12(21)11-16(15)24(19(17)26)20(22)27/h4-9,11,26H,2-3,10H2,1H3,(H2,22,27)(H,23,25). The summed E-state index contributed by atoms with van der Waals surface area (Å²) < 4.78 is 19.8. The Hall–Kier alpha value is -3.55. The highest BCUT2D eigenvalue weighted by Gasteiger charge is 2.25. The Morgan fingerprint density at radius 3 is 2.57 bits per heavy atom. The smallest absolute Gasteiger partial charge is 0.326 e. The van der Waals surface area contributed by atoms with E-state index < -0.39 is 23.6 Å². The van der Waals surface area contributed by atoms with Crippen LogP contribution in [0, 0.1) is 5.82 Å². The van der Waals surface area contributed by atoms with Gasteiger partial charge in [0.2, 0.25) is 5.88 Å². The zero-order valence-electron chi connectivity index (χ0n) is 15.2. The predicted molar refractivity (Wildman–Crippen MR) is 103 cm³/mol. The van der Waals surface area contributed by atoms with Crippen molar-refractivity contribution in [3.63, 3.8) is 0 Å². The van der Waals surface area contributed by atoms with Crippen molar-refractivity contribution in [3.8, 4) is 11.6 Å². The normalized spacial score (nSPS) is 10.8. The summed E-state index contributed by atoms with van der Waals surface area (Å²) in [5.41, 5.74) is 5.57. The van der Waals surface area contributed by atoms with E-state index in [4.69, 9.17) is 10.5 Å². The number of nitrogens with zero attached hydrogens (tertiary/aromatic N) is 1. The van der Waals surface area contributed by atoms with Crippen molar-refractivity contribution in [1.82, 2.24) is 4.57 Å². The lowest BCUT2D eigenvalue weighted by atomic mass is 10.1. The molecule has 0 saturated carbocycles. The molecule has 0 aliphatic carbocycles. The molecule has 0 unspecified atom stereocenters. The number of nitrogens with two attached hydrogens (primary N) is 1. The first kappa shape index (κ1) is 19.2. The van der Waals surface area contributed by atoms with Gasteiger partial charge in [0.05, 0.1) is 12.1 Å². The van der Waals surface area contributed by atoms with Gasteiger partial charge in [0, 0.05) is 11.1 Å². The van der Waals surface area contributed by atoms with E-state index in [1.807, 2.05) is 0 Å². The Morgan fingerprint density at radius 2 is 1.93 bits per heavy atom. The first-order chi connectivity index (χ1) is 13.4. The number of hydrogen-bond acceptors (Lipinski definition) is 4. The summed E-state index contributed by atoms with van der Waals surface area (Å²) in [5.74, 6) is -1.26. The number of aromatic hydroxyl groups is 1. The number of fused-ring (bicyclic) bond motifs is 1. The fourth-order valence-corrected chi connectivity index (χ4v) is 2.86. The minimum absolute atomic E-state index is 0.00909. The summed E-state index contributed by atoms with van der Waals surface area (Å²) in [5, 5.41) is 13.2. The number of unbranched alkanes of at least 4 members (excludes halogenated alkanes) is 1. The lowest BCUT2D eigenvalue weighted by molar-refractivity contribution is 0.102. The van der Waals surface area contributed by atoms with Gasteiger partial charge in [0.15, 0.2) is 0 Å². The maximum Gasteiger partial charge on any atom is 0.326 e. The Labute approximate surface area is 160 Å². The highest BCUT2D eigenvalue weighted by atomic mass is 19.1. The molecule has 0 fully saturated rings. The summed E-state index contributed by atoms with van der Waals surface area (Å²) >= 11 is 0. The third kappa shape index (κ3) is 3.75. The molecule has 3 aromatic rings. The first-order valence-electron chi connectivity index (χ1n) is 8.79. The molecule has 146 valence electrons. The number of amides is 2. The number of halogens is 1. The summed E-state index contributed by atoms with van der Waals surface area (Å²) in [7, 11) is 0. The number of nitrogens with one attached hydrogen (secondary N) is 1. The molecule has 0 radical (unpaired) electrons. The fourth-order valence-electron chi connectivity index (χ4n) is 2.86. The average molecular weight is 385 g/mol. The van der Waals surface area contributed by atoms with Gasteiger partial charge in [0.25, 0.3) is 5.91 Å². The van der Waals surface area contributed by atoms with Crippen LogP contribution in [0.4, 0.5) is 14.9 Å². The van der Waals surface area contributed by atoms with Gasteiger partial charge in [-0.3, -0.25) is 4.79 Å². The molecule has 2 aromatic carbocycles. The molecule has 0 aliphatic heterocycles. The van der Waals surface area contributed by atoms with Gasteiger partial charge in [-0.1, -0.05) is 13.3 Å². The summed E-state index contributed by atoms with van der Waals surface area (Å²) in [6.07, 6.45) is 1.97. The number of anilines is 1. The number of rotatable bonds is 6. The summed E-state index contributed by atoms with van der Waals surface area (Å²) in [6.45, 7) is 2.68. The van der Waals surface area contributed by atoms with Crippen molar-refractivity contribution in [3.05, 3.63) is 53.8 Å². The van der Waals surface area contributed by atoms with Crippen LogP contribution in [0.3, 0.4) is 0 Å². The van der Waals surface area contributed by atoms with Gasteiger partial charge >= 0.3 is 6.03 Å². The lowest BCUT2D eigenvalue weighted by Crippen LogP contribution is -2.19. The minimum atomic E-state index is -1.03. The molecule has 0 saturated heterocycles. The van der Waals surface area contributed by atoms with E-state index in [9.17, 15) is 19.1 Å². The Balaban J connectivity index is 1.88. The second kappa shape index (κ2) is 7.99. The molecule has 28 heavy (non-hydrogen) atoms. The van der Waals surface area contributed by atoms with Gasteiger partial charge < -0.3 is 20.9 Å². The lowest BCUT2D eigenvalue weighted by Gasteiger charge is -2.08. The molecular weight excluding hydrogens is 365 g/mol. The Bertz CT molecular complexity index is 1030. The van der Waals surface area contributed by atoms with E-state index >= 15 is 0 Å². The third-order valence-corrected chi connectivity index (χ3v) is 4.23. The summed E-state index contributed by atoms with van der Waals surface area (Å²) in [6, 6.07) is 9.18. The van der Waals surface area contributed by atoms with Crippen molar-refractivity contribution in [2.45, 2.75) is 19.8 Å². The molecule has 8 heteroatoms. The molecule has 7 nitrogen and oxygen atoms in total. The van der Waals surface area contributed by atoms with Crippen LogP contribution in [0.15, 0.2) is 42.5 Å². The van der Waals surface area contributed by atoms with Crippen molar-refractivity contribution in [2.75, 3.05) is 11.9 Å². The van der Waals surface area contributed by atoms with E-state index in [1.165, 1.54) is 6.07 Å². The molecule has 2 amide bonds. The third-order valence-electron chi connectivity index (χ3n) is 4.23. The number of ether oxygens (including phenoxy) is 1. The largest absolute Gasteiger partial charge is 0.494 e. The number of benzene rings is 2. The Kier molecular flexibility index (Phi) is 5.49. The van der Waals surface area contributed by atoms with Gasteiger partial charge in [-0.25, -0.2) is 13.8 Å². The molecular formula is C20H20FN3O4. The number of carbonyl (C=O) groups is 2. The molecule has 1 heterocycles. The number of hydrogen-bond donors (Lipinski definition) is 3. The molecule has 3 rings (SSSR count). The number of carbonyl (C=O) groups excluding carboxylic acids is 2. The maximum absolute atomic E-state index is 13.6. The Morgan fingerprint density at radius 1 is 1.21 bits per heavy atom. The summed E-state index contributed by atoms with van der Waals surface area (Å²) in [4.78, 5) is 24.3. The fraction of sp³-hybridized carbons (Fsp3) is 0.200. The number of primary amides is 1. The minimum Gasteiger partial charge on any atom is -0.494 e. The van der Waals surface area contributed by atoms with Gasteiger partial charge in [-0.2, -0.15) is 0 Å². The van der Waals surface area contributed by atoms with Gasteiger partial charge in [-0.15, -0.1) is 0 Å². The zero-order chi connectivity index (χ0) is 20.3. The highest BCUT2D eigenvalue weighted by Crippen LogP contribution is 2.32. The molecule has 0 atom stereocenters. The second-order valence-electron chi connectivity index (χ2n) is 6.21. The van der Waals surface area contributed by atoms with Crippen LogP contribution in [0.5, 0.6) is 11.6 Å². The van der Waals surface area contributed by atoms with E-state index in [0.29, 0.717) is 22.6 Å². The average Bonchev–Trinajstić information content (AvgIpc) is 2.94. The first-order valence-corrected chi connectivity index (χ1v) is 8.79. The number of aromatic nitrogens is 1. The van der Waals surface area contributed by atoms with Crippen LogP contribution in [0.1, 0.15) is 30.1 Å². The highest BCUT2D eigenvalue weighted by molar-refractivity contribution is 6.16. The van der Waals surface area contributed by atoms with Gasteiger partial charge in [0.1, 0.15) is 17.1 Å². The SMILES string of the molecule is CCCCOc1ccc(NC(=O)c2c(O)n(C(N)=O)c3cc(F)ccc23)cc1. The van der Waals surface area contributed by atoms with Crippen LogP contribution in [-0.4, -0.2) is 28.2 Å². The molecule has 0 aliphatic rings. The van der Waals surface area contributed by atoms with Crippen LogP contribution >= 0.6 is 0 Å². The van der Waals surface area contributed by atoms with Crippen LogP contribution in [0.2, 0.25) is 0 Å². The van der Waals surface area contributed by atoms with E-state index in [-0.39, 0.29) is 16.5 Å². The second-order valence-corrected chi connectivity index (χ2v) is 6.21. The quantitative estimate of drug-likeness (QED) is 0.560. The van der Waals surface area contributed by atoms with Crippen molar-refractivity contribution < 1.29 is 23.8 Å². The molecule has 0 spiro atoms. The monoisotopic (exact) mass is 385 g/mol.